The van der Waals surface area contributed by atoms with Crippen LogP contribution in [0.5, 0.6) is 11.5 Å². The highest BCUT2D eigenvalue weighted by Crippen LogP contribution is 2.38. The van der Waals surface area contributed by atoms with Crippen LogP contribution in [0.15, 0.2) is 12.1 Å². The monoisotopic (exact) mass is 290 g/mol. The molecule has 0 saturated carbocycles. The van der Waals surface area contributed by atoms with Crippen LogP contribution in [-0.2, 0) is 0 Å². The number of aliphatic hydroxyl groups excluding tert-OH is 1. The first-order chi connectivity index (χ1) is 10.2. The fourth-order valence-electron chi connectivity index (χ4n) is 2.98. The summed E-state index contributed by atoms with van der Waals surface area (Å²) >= 11 is 0. The minimum atomic E-state index is -0.411. The summed E-state index contributed by atoms with van der Waals surface area (Å²) in [4.78, 5) is 27.5. The molecule has 2 amide bonds. The largest absolute Gasteiger partial charge is 0.472 e. The summed E-state index contributed by atoms with van der Waals surface area (Å²) in [5.41, 5.74) is 0.741. The van der Waals surface area contributed by atoms with Crippen LogP contribution in [0, 0.1) is 0 Å². The Labute approximate surface area is 120 Å². The van der Waals surface area contributed by atoms with E-state index >= 15 is 0 Å². The molecule has 110 valence electrons. The van der Waals surface area contributed by atoms with Gasteiger partial charge < -0.3 is 19.5 Å². The first-order valence-electron chi connectivity index (χ1n) is 6.87. The molecule has 7 nitrogen and oxygen atoms in total. The topological polar surface area (TPSA) is 79.3 Å². The number of hydrogen-bond donors (Lipinski definition) is 1. The average Bonchev–Trinajstić information content (AvgIpc) is 2.96. The molecule has 7 heteroatoms. The zero-order valence-electron chi connectivity index (χ0n) is 11.2. The van der Waals surface area contributed by atoms with Gasteiger partial charge in [-0.2, -0.15) is 0 Å². The molecular formula is C14H14N2O5. The van der Waals surface area contributed by atoms with Crippen molar-refractivity contribution in [2.24, 2.45) is 0 Å². The van der Waals surface area contributed by atoms with Crippen molar-refractivity contribution in [1.82, 2.24) is 9.80 Å². The third-order valence-corrected chi connectivity index (χ3v) is 4.10. The van der Waals surface area contributed by atoms with Crippen LogP contribution in [-0.4, -0.2) is 53.0 Å². The predicted molar refractivity (Wildman–Crippen MR) is 69.9 cm³/mol. The van der Waals surface area contributed by atoms with Gasteiger partial charge in [0, 0.05) is 13.0 Å². The number of carbonyl (C=O) groups excluding carboxylic acids is 2. The van der Waals surface area contributed by atoms with E-state index in [1.54, 1.807) is 17.0 Å². The summed E-state index contributed by atoms with van der Waals surface area (Å²) in [6.45, 7) is 0.256. The van der Waals surface area contributed by atoms with E-state index in [2.05, 4.69) is 0 Å². The highest BCUT2D eigenvalue weighted by Gasteiger charge is 2.39. The van der Waals surface area contributed by atoms with Crippen LogP contribution in [0.3, 0.4) is 0 Å². The third-order valence-electron chi connectivity index (χ3n) is 4.10. The number of fused-ring (bicyclic) bond motifs is 3. The second kappa shape index (κ2) is 4.36. The summed E-state index contributed by atoms with van der Waals surface area (Å²) < 4.78 is 11.3. The van der Waals surface area contributed by atoms with E-state index in [1.807, 2.05) is 0 Å². The van der Waals surface area contributed by atoms with E-state index in [4.69, 9.17) is 14.6 Å². The zero-order valence-corrected chi connectivity index (χ0v) is 11.2. The molecule has 1 fully saturated rings. The Morgan fingerprint density at radius 3 is 2.76 bits per heavy atom. The first kappa shape index (κ1) is 12.5. The zero-order chi connectivity index (χ0) is 14.6. The van der Waals surface area contributed by atoms with Crippen molar-refractivity contribution in [3.63, 3.8) is 0 Å². The highest BCUT2D eigenvalue weighted by atomic mass is 16.5. The van der Waals surface area contributed by atoms with Gasteiger partial charge in [0.2, 0.25) is 0 Å². The van der Waals surface area contributed by atoms with Crippen molar-refractivity contribution in [2.45, 2.75) is 19.1 Å². The van der Waals surface area contributed by atoms with Crippen LogP contribution < -0.4 is 9.47 Å². The number of ether oxygens (including phenoxy) is 2. The van der Waals surface area contributed by atoms with Crippen LogP contribution in [0.1, 0.15) is 33.6 Å². The van der Waals surface area contributed by atoms with Gasteiger partial charge in [-0.15, -0.1) is 0 Å². The maximum absolute atomic E-state index is 12.4. The van der Waals surface area contributed by atoms with Gasteiger partial charge >= 0.3 is 0 Å². The van der Waals surface area contributed by atoms with Gasteiger partial charge in [0.1, 0.15) is 18.2 Å². The lowest BCUT2D eigenvalue weighted by atomic mass is 10.0. The summed E-state index contributed by atoms with van der Waals surface area (Å²) in [7, 11) is 0. The maximum Gasteiger partial charge on any atom is 0.262 e. The molecular weight excluding hydrogens is 276 g/mol. The Bertz CT molecular complexity index is 644. The van der Waals surface area contributed by atoms with Gasteiger partial charge in [0.25, 0.3) is 11.8 Å². The van der Waals surface area contributed by atoms with Crippen LogP contribution in [0.25, 0.3) is 0 Å². The van der Waals surface area contributed by atoms with E-state index < -0.39 is 6.73 Å². The predicted octanol–water partition coefficient (Wildman–Crippen LogP) is 0.383. The Kier molecular flexibility index (Phi) is 2.58. The number of carbonyl (C=O) groups is 2. The maximum atomic E-state index is 12.4. The molecule has 0 bridgehead atoms. The third kappa shape index (κ3) is 1.70. The number of amides is 2. The molecule has 4 rings (SSSR count). The summed E-state index contributed by atoms with van der Waals surface area (Å²) in [6.07, 6.45) is 1.48. The molecule has 1 aromatic rings. The number of aliphatic hydroxyl groups is 1. The molecule has 0 spiro atoms. The quantitative estimate of drug-likeness (QED) is 0.809. The number of nitrogens with zero attached hydrogens (tertiary/aromatic N) is 2. The van der Waals surface area contributed by atoms with Crippen molar-refractivity contribution in [2.75, 3.05) is 20.0 Å². The highest BCUT2D eigenvalue weighted by molar-refractivity contribution is 6.03. The van der Waals surface area contributed by atoms with E-state index in [0.717, 1.165) is 12.8 Å². The van der Waals surface area contributed by atoms with Crippen molar-refractivity contribution in [3.05, 3.63) is 23.3 Å². The number of benzene rings is 1. The minimum absolute atomic E-state index is 0.0253. The van der Waals surface area contributed by atoms with E-state index in [0.29, 0.717) is 29.2 Å². The smallest absolute Gasteiger partial charge is 0.262 e. The fraction of sp³-hybridized carbons (Fsp3) is 0.429. The SMILES string of the molecule is O=C1c2cc3c(cc2OCN1CO)C(=O)N1CCCC1O3. The molecule has 1 N–H and O–H groups in total. The Hall–Kier alpha value is -2.28. The van der Waals surface area contributed by atoms with Crippen molar-refractivity contribution in [3.8, 4) is 11.5 Å². The second-order valence-electron chi connectivity index (χ2n) is 5.32. The van der Waals surface area contributed by atoms with E-state index in [-0.39, 0.29) is 24.8 Å². The van der Waals surface area contributed by atoms with Crippen LogP contribution in [0.4, 0.5) is 0 Å². The fourth-order valence-corrected chi connectivity index (χ4v) is 2.98. The van der Waals surface area contributed by atoms with Gasteiger partial charge in [-0.05, 0) is 18.6 Å². The molecule has 21 heavy (non-hydrogen) atoms. The van der Waals surface area contributed by atoms with Crippen molar-refractivity contribution >= 4 is 11.8 Å². The van der Waals surface area contributed by atoms with E-state index in [1.165, 1.54) is 4.90 Å². The first-order valence-corrected chi connectivity index (χ1v) is 6.87. The van der Waals surface area contributed by atoms with Crippen LogP contribution >= 0.6 is 0 Å². The number of hydrogen-bond acceptors (Lipinski definition) is 5. The summed E-state index contributed by atoms with van der Waals surface area (Å²) in [5, 5.41) is 9.12. The van der Waals surface area contributed by atoms with Gasteiger partial charge in [0.05, 0.1) is 11.1 Å². The second-order valence-corrected chi connectivity index (χ2v) is 5.32. The molecule has 0 aromatic heterocycles. The minimum Gasteiger partial charge on any atom is -0.472 e. The van der Waals surface area contributed by atoms with E-state index in [9.17, 15) is 9.59 Å². The van der Waals surface area contributed by atoms with Gasteiger partial charge in [-0.1, -0.05) is 0 Å². The molecule has 0 radical (unpaired) electrons. The van der Waals surface area contributed by atoms with Crippen molar-refractivity contribution in [1.29, 1.82) is 0 Å². The molecule has 3 heterocycles. The molecule has 1 unspecified atom stereocenters. The molecule has 3 aliphatic rings. The lowest BCUT2D eigenvalue weighted by Gasteiger charge is -2.33. The number of rotatable bonds is 1. The lowest BCUT2D eigenvalue weighted by Crippen LogP contribution is -2.44. The van der Waals surface area contributed by atoms with Gasteiger partial charge in [-0.25, -0.2) is 0 Å². The standard InChI is InChI=1S/C14H14N2O5/c17-6-15-7-20-10-4-9-11(5-8(10)13(15)18)21-12-2-1-3-16(12)14(9)19/h4-5,12,17H,1-3,6-7H2. The Balaban J connectivity index is 1.79. The Morgan fingerprint density at radius 1 is 1.19 bits per heavy atom. The van der Waals surface area contributed by atoms with Crippen LogP contribution in [0.2, 0.25) is 0 Å². The van der Waals surface area contributed by atoms with Gasteiger partial charge in [-0.3, -0.25) is 14.5 Å². The average molecular weight is 290 g/mol. The summed E-state index contributed by atoms with van der Waals surface area (Å²) in [5.74, 6) is 0.366. The Morgan fingerprint density at radius 2 is 1.95 bits per heavy atom. The lowest BCUT2D eigenvalue weighted by molar-refractivity contribution is 0.0193. The molecule has 0 aliphatic carbocycles. The molecule has 1 aromatic carbocycles. The molecule has 1 saturated heterocycles. The van der Waals surface area contributed by atoms with Gasteiger partial charge in [0.15, 0.2) is 13.0 Å². The normalized spacial score (nSPS) is 23.2. The molecule has 1 atom stereocenters. The molecule has 3 aliphatic heterocycles. The van der Waals surface area contributed by atoms with Crippen molar-refractivity contribution < 1.29 is 24.2 Å². The summed E-state index contributed by atoms with van der Waals surface area (Å²) in [6, 6.07) is 3.11.